The third-order valence-electron chi connectivity index (χ3n) is 3.10. The van der Waals surface area contributed by atoms with E-state index >= 15 is 0 Å². The number of hydrogen-bond donors (Lipinski definition) is 2. The summed E-state index contributed by atoms with van der Waals surface area (Å²) in [5.41, 5.74) is 6.00. The fraction of sp³-hybridized carbons (Fsp3) is 0.357. The summed E-state index contributed by atoms with van der Waals surface area (Å²) < 4.78 is 26.3. The number of hydrogen-bond acceptors (Lipinski definition) is 4. The molecule has 0 bridgehead atoms. The topological polar surface area (TPSA) is 92.5 Å². The van der Waals surface area contributed by atoms with E-state index in [1.165, 1.54) is 16.4 Å². The third kappa shape index (κ3) is 3.82. The van der Waals surface area contributed by atoms with Crippen LogP contribution in [0.15, 0.2) is 29.2 Å². The molecule has 1 aromatic rings. The first-order valence-corrected chi connectivity index (χ1v) is 8.04. The zero-order chi connectivity index (χ0) is 15.3. The van der Waals surface area contributed by atoms with Crippen LogP contribution in [0, 0.1) is 11.8 Å². The largest absolute Gasteiger partial charge is 0.355 e. The third-order valence-corrected chi connectivity index (χ3v) is 5.01. The molecule has 112 valence electrons. The Labute approximate surface area is 124 Å². The summed E-state index contributed by atoms with van der Waals surface area (Å²) in [6.07, 6.45) is 0.180. The molecule has 0 unspecified atom stereocenters. The van der Waals surface area contributed by atoms with Gasteiger partial charge in [-0.15, -0.1) is 0 Å². The van der Waals surface area contributed by atoms with E-state index in [-0.39, 0.29) is 36.9 Å². The molecule has 0 radical (unpaired) electrons. The second-order valence-electron chi connectivity index (χ2n) is 4.53. The van der Waals surface area contributed by atoms with Gasteiger partial charge < -0.3 is 11.1 Å². The second kappa shape index (κ2) is 6.72. The van der Waals surface area contributed by atoms with Gasteiger partial charge >= 0.3 is 0 Å². The maximum Gasteiger partial charge on any atom is 0.243 e. The zero-order valence-electron chi connectivity index (χ0n) is 11.5. The van der Waals surface area contributed by atoms with Crippen LogP contribution in [0.5, 0.6) is 0 Å². The first-order valence-electron chi connectivity index (χ1n) is 6.60. The van der Waals surface area contributed by atoms with E-state index in [1.54, 1.807) is 12.1 Å². The lowest BCUT2D eigenvalue weighted by atomic mass is 10.2. The van der Waals surface area contributed by atoms with Gasteiger partial charge in [0.1, 0.15) is 0 Å². The van der Waals surface area contributed by atoms with Gasteiger partial charge in [0.2, 0.25) is 15.9 Å². The molecule has 0 saturated carbocycles. The van der Waals surface area contributed by atoms with Crippen LogP contribution in [0.2, 0.25) is 0 Å². The van der Waals surface area contributed by atoms with Gasteiger partial charge in [0, 0.05) is 31.6 Å². The molecule has 0 atom stereocenters. The molecule has 1 aromatic carbocycles. The van der Waals surface area contributed by atoms with Crippen LogP contribution in [0.25, 0.3) is 0 Å². The van der Waals surface area contributed by atoms with Crippen molar-refractivity contribution in [3.63, 3.8) is 0 Å². The number of amides is 1. The maximum atomic E-state index is 12.5. The Balaban J connectivity index is 2.20. The number of nitrogens with zero attached hydrogens (tertiary/aromatic N) is 1. The van der Waals surface area contributed by atoms with Gasteiger partial charge in [0.25, 0.3) is 0 Å². The quantitative estimate of drug-likeness (QED) is 0.721. The fourth-order valence-corrected chi connectivity index (χ4v) is 3.44. The summed E-state index contributed by atoms with van der Waals surface area (Å²) in [6.45, 7) is 1.07. The van der Waals surface area contributed by atoms with E-state index in [2.05, 4.69) is 17.2 Å². The molecule has 2 rings (SSSR count). The fourth-order valence-electron chi connectivity index (χ4n) is 2.00. The zero-order valence-corrected chi connectivity index (χ0v) is 12.3. The van der Waals surface area contributed by atoms with Gasteiger partial charge in [-0.3, -0.25) is 4.79 Å². The monoisotopic (exact) mass is 307 g/mol. The van der Waals surface area contributed by atoms with Crippen molar-refractivity contribution in [2.75, 3.05) is 26.2 Å². The molecule has 1 heterocycles. The van der Waals surface area contributed by atoms with Crippen molar-refractivity contribution in [2.45, 2.75) is 11.3 Å². The lowest BCUT2D eigenvalue weighted by Gasteiger charge is -2.19. The predicted octanol–water partition coefficient (Wildman–Crippen LogP) is -0.493. The average molecular weight is 307 g/mol. The summed E-state index contributed by atoms with van der Waals surface area (Å²) in [5, 5.41) is 2.66. The highest BCUT2D eigenvalue weighted by Gasteiger charge is 2.26. The molecule has 0 aliphatic carbocycles. The smallest absolute Gasteiger partial charge is 0.243 e. The van der Waals surface area contributed by atoms with Gasteiger partial charge in [-0.1, -0.05) is 11.8 Å². The van der Waals surface area contributed by atoms with E-state index in [9.17, 15) is 13.2 Å². The SMILES string of the molecule is NCC#Cc1ccc(S(=O)(=O)N2CCNC(=O)CC2)cc1. The number of nitrogens with one attached hydrogen (secondary N) is 1. The van der Waals surface area contributed by atoms with E-state index < -0.39 is 10.0 Å². The minimum atomic E-state index is -3.58. The highest BCUT2D eigenvalue weighted by molar-refractivity contribution is 7.89. The number of rotatable bonds is 2. The van der Waals surface area contributed by atoms with Crippen LogP contribution in [-0.2, 0) is 14.8 Å². The van der Waals surface area contributed by atoms with E-state index in [4.69, 9.17) is 5.73 Å². The Kier molecular flexibility index (Phi) is 4.96. The van der Waals surface area contributed by atoms with Crippen LogP contribution < -0.4 is 11.1 Å². The Bertz CT molecular complexity index is 672. The molecule has 0 aromatic heterocycles. The Morgan fingerprint density at radius 1 is 1.24 bits per heavy atom. The standard InChI is InChI=1S/C14H17N3O3S/c15-8-1-2-12-3-5-13(6-4-12)21(19,20)17-10-7-14(18)16-9-11-17/h3-6H,7-11,15H2,(H,16,18). The van der Waals surface area contributed by atoms with E-state index in [0.29, 0.717) is 12.1 Å². The van der Waals surface area contributed by atoms with Crippen molar-refractivity contribution in [2.24, 2.45) is 5.73 Å². The van der Waals surface area contributed by atoms with Crippen molar-refractivity contribution in [1.29, 1.82) is 0 Å². The van der Waals surface area contributed by atoms with Crippen LogP contribution in [-0.4, -0.2) is 44.8 Å². The number of carbonyl (C=O) groups is 1. The molecular formula is C14H17N3O3S. The van der Waals surface area contributed by atoms with Crippen molar-refractivity contribution in [3.8, 4) is 11.8 Å². The Morgan fingerprint density at radius 2 is 1.95 bits per heavy atom. The molecule has 1 fully saturated rings. The summed E-state index contributed by atoms with van der Waals surface area (Å²) in [6, 6.07) is 6.35. The highest BCUT2D eigenvalue weighted by atomic mass is 32.2. The average Bonchev–Trinajstić information content (AvgIpc) is 2.70. The van der Waals surface area contributed by atoms with Crippen LogP contribution in [0.1, 0.15) is 12.0 Å². The van der Waals surface area contributed by atoms with E-state index in [0.717, 1.165) is 0 Å². The van der Waals surface area contributed by atoms with Crippen LogP contribution >= 0.6 is 0 Å². The van der Waals surface area contributed by atoms with Crippen molar-refractivity contribution in [1.82, 2.24) is 9.62 Å². The van der Waals surface area contributed by atoms with Crippen LogP contribution in [0.3, 0.4) is 0 Å². The summed E-state index contributed by atoms with van der Waals surface area (Å²) in [4.78, 5) is 11.5. The summed E-state index contributed by atoms with van der Waals surface area (Å²) in [5.74, 6) is 5.43. The first kappa shape index (κ1) is 15.5. The van der Waals surface area contributed by atoms with Crippen molar-refractivity contribution >= 4 is 15.9 Å². The number of carbonyl (C=O) groups excluding carboxylic acids is 1. The molecule has 1 saturated heterocycles. The van der Waals surface area contributed by atoms with Gasteiger partial charge in [0.15, 0.2) is 0 Å². The summed E-state index contributed by atoms with van der Waals surface area (Å²) in [7, 11) is -3.58. The van der Waals surface area contributed by atoms with E-state index in [1.807, 2.05) is 0 Å². The summed E-state index contributed by atoms with van der Waals surface area (Å²) >= 11 is 0. The molecule has 0 spiro atoms. The molecule has 1 amide bonds. The minimum absolute atomic E-state index is 0.125. The van der Waals surface area contributed by atoms with Gasteiger partial charge in [-0.05, 0) is 24.3 Å². The lowest BCUT2D eigenvalue weighted by Crippen LogP contribution is -2.34. The maximum absolute atomic E-state index is 12.5. The number of sulfonamides is 1. The molecule has 1 aliphatic heterocycles. The van der Waals surface area contributed by atoms with Gasteiger partial charge in [-0.2, -0.15) is 4.31 Å². The molecule has 1 aliphatic rings. The second-order valence-corrected chi connectivity index (χ2v) is 6.47. The lowest BCUT2D eigenvalue weighted by molar-refractivity contribution is -0.120. The molecule has 3 N–H and O–H groups in total. The molecule has 7 heteroatoms. The normalized spacial score (nSPS) is 16.5. The first-order chi connectivity index (χ1) is 10.0. The van der Waals surface area contributed by atoms with Crippen molar-refractivity contribution < 1.29 is 13.2 Å². The predicted molar refractivity (Wildman–Crippen MR) is 78.8 cm³/mol. The van der Waals surface area contributed by atoms with Crippen LogP contribution in [0.4, 0.5) is 0 Å². The molecule has 6 nitrogen and oxygen atoms in total. The number of nitrogens with two attached hydrogens (primary N) is 1. The van der Waals surface area contributed by atoms with Gasteiger partial charge in [0.05, 0.1) is 11.4 Å². The Morgan fingerprint density at radius 3 is 2.62 bits per heavy atom. The number of benzene rings is 1. The molecular weight excluding hydrogens is 290 g/mol. The minimum Gasteiger partial charge on any atom is -0.355 e. The molecule has 21 heavy (non-hydrogen) atoms. The van der Waals surface area contributed by atoms with Gasteiger partial charge in [-0.25, -0.2) is 8.42 Å². The van der Waals surface area contributed by atoms with Crippen molar-refractivity contribution in [3.05, 3.63) is 29.8 Å². The Hall–Kier alpha value is -1.88. The highest BCUT2D eigenvalue weighted by Crippen LogP contribution is 2.17.